The number of nitrogens with zero attached hydrogens (tertiary/aromatic N) is 2. The maximum absolute atomic E-state index is 12.3. The van der Waals surface area contributed by atoms with E-state index in [0.717, 1.165) is 6.07 Å². The Bertz CT molecular complexity index is 560. The van der Waals surface area contributed by atoms with Gasteiger partial charge in [0.1, 0.15) is 11.4 Å². The van der Waals surface area contributed by atoms with Crippen molar-refractivity contribution < 1.29 is 17.6 Å². The van der Waals surface area contributed by atoms with Crippen molar-refractivity contribution >= 4 is 12.2 Å². The zero-order chi connectivity index (χ0) is 11.8. The predicted molar refractivity (Wildman–Crippen MR) is 49.9 cm³/mol. The van der Waals surface area contributed by atoms with E-state index in [9.17, 15) is 13.2 Å². The molecule has 0 aliphatic heterocycles. The second-order valence-electron chi connectivity index (χ2n) is 2.82. The highest BCUT2D eigenvalue weighted by molar-refractivity contribution is 7.71. The molecular formula is C8H4F3N3OS. The minimum absolute atomic E-state index is 0.0192. The number of hydrogen-bond donors (Lipinski definition) is 1. The quantitative estimate of drug-likeness (QED) is 0.787. The van der Waals surface area contributed by atoms with Crippen LogP contribution in [0.1, 0.15) is 5.69 Å². The van der Waals surface area contributed by atoms with Gasteiger partial charge in [0.25, 0.3) is 10.7 Å². The molecule has 0 saturated heterocycles. The zero-order valence-electron chi connectivity index (χ0n) is 7.58. The molecule has 2 rings (SSSR count). The van der Waals surface area contributed by atoms with Gasteiger partial charge in [0.15, 0.2) is 0 Å². The highest BCUT2D eigenvalue weighted by Gasteiger charge is 2.32. The normalized spacial score (nSPS) is 11.7. The number of rotatable bonds is 1. The minimum Gasteiger partial charge on any atom is -0.408 e. The third kappa shape index (κ3) is 2.11. The summed E-state index contributed by atoms with van der Waals surface area (Å²) in [6.07, 6.45) is -4.50. The van der Waals surface area contributed by atoms with Crippen molar-refractivity contribution in [2.75, 3.05) is 0 Å². The van der Waals surface area contributed by atoms with Gasteiger partial charge in [-0.15, -0.1) is 5.10 Å². The van der Waals surface area contributed by atoms with Crippen molar-refractivity contribution in [2.45, 2.75) is 6.18 Å². The van der Waals surface area contributed by atoms with E-state index in [0.29, 0.717) is 0 Å². The average Bonchev–Trinajstić information content (AvgIpc) is 2.64. The molecule has 2 aromatic heterocycles. The Kier molecular flexibility index (Phi) is 2.50. The molecule has 2 aromatic rings. The Hall–Kier alpha value is -1.70. The van der Waals surface area contributed by atoms with E-state index in [1.807, 2.05) is 0 Å². The van der Waals surface area contributed by atoms with Crippen LogP contribution in [0.2, 0.25) is 0 Å². The summed E-state index contributed by atoms with van der Waals surface area (Å²) in [5, 5.41) is 5.89. The summed E-state index contributed by atoms with van der Waals surface area (Å²) in [6, 6.07) is 3.44. The molecule has 0 saturated carbocycles. The first-order valence-corrected chi connectivity index (χ1v) is 4.48. The monoisotopic (exact) mass is 247 g/mol. The molecule has 0 aliphatic rings. The fourth-order valence-electron chi connectivity index (χ4n) is 1.05. The summed E-state index contributed by atoms with van der Waals surface area (Å²) in [6.45, 7) is 0. The molecule has 0 aliphatic carbocycles. The molecule has 16 heavy (non-hydrogen) atoms. The van der Waals surface area contributed by atoms with Crippen LogP contribution in [-0.4, -0.2) is 15.2 Å². The molecule has 84 valence electrons. The molecule has 8 heteroatoms. The van der Waals surface area contributed by atoms with Gasteiger partial charge >= 0.3 is 6.18 Å². The Morgan fingerprint density at radius 1 is 1.31 bits per heavy atom. The SMILES string of the molecule is FC(F)(F)c1cccc(-c2n[nH]c(=S)o2)n1. The molecule has 4 nitrogen and oxygen atoms in total. The van der Waals surface area contributed by atoms with Crippen molar-refractivity contribution in [3.8, 4) is 11.6 Å². The summed E-state index contributed by atoms with van der Waals surface area (Å²) in [5.41, 5.74) is -1.03. The van der Waals surface area contributed by atoms with Crippen LogP contribution in [0.4, 0.5) is 13.2 Å². The van der Waals surface area contributed by atoms with Crippen molar-refractivity contribution in [1.82, 2.24) is 15.2 Å². The summed E-state index contributed by atoms with van der Waals surface area (Å²) in [7, 11) is 0. The minimum atomic E-state index is -4.50. The molecule has 1 N–H and O–H groups in total. The molecule has 0 spiro atoms. The second kappa shape index (κ2) is 3.71. The Morgan fingerprint density at radius 2 is 2.06 bits per heavy atom. The van der Waals surface area contributed by atoms with Crippen LogP contribution in [0.15, 0.2) is 22.6 Å². The number of H-pyrrole nitrogens is 1. The van der Waals surface area contributed by atoms with E-state index < -0.39 is 11.9 Å². The highest BCUT2D eigenvalue weighted by atomic mass is 32.1. The topological polar surface area (TPSA) is 54.7 Å². The summed E-state index contributed by atoms with van der Waals surface area (Å²) < 4.78 is 41.9. The lowest BCUT2D eigenvalue weighted by Crippen LogP contribution is -2.08. The molecule has 0 amide bonds. The summed E-state index contributed by atoms with van der Waals surface area (Å²) in [5.74, 6) is -0.0731. The Balaban J connectivity index is 2.48. The molecule has 2 heterocycles. The van der Waals surface area contributed by atoms with Crippen molar-refractivity contribution in [3.63, 3.8) is 0 Å². The first kappa shape index (κ1) is 10.8. The predicted octanol–water partition coefficient (Wildman–Crippen LogP) is 2.81. The first-order chi connectivity index (χ1) is 7.47. The van der Waals surface area contributed by atoms with Gasteiger partial charge in [-0.25, -0.2) is 10.1 Å². The van der Waals surface area contributed by atoms with Crippen molar-refractivity contribution in [3.05, 3.63) is 28.7 Å². The molecule has 0 unspecified atom stereocenters. The van der Waals surface area contributed by atoms with Crippen molar-refractivity contribution in [1.29, 1.82) is 0 Å². The molecular weight excluding hydrogens is 243 g/mol. The summed E-state index contributed by atoms with van der Waals surface area (Å²) in [4.78, 5) is 3.36. The number of nitrogens with one attached hydrogen (secondary N) is 1. The van der Waals surface area contributed by atoms with Crippen LogP contribution in [0.3, 0.4) is 0 Å². The smallest absolute Gasteiger partial charge is 0.408 e. The number of halogens is 3. The van der Waals surface area contributed by atoms with Gasteiger partial charge in [-0.2, -0.15) is 13.2 Å². The van der Waals surface area contributed by atoms with Gasteiger partial charge in [-0.05, 0) is 24.4 Å². The lowest BCUT2D eigenvalue weighted by molar-refractivity contribution is -0.141. The maximum atomic E-state index is 12.3. The van der Waals surface area contributed by atoms with E-state index in [-0.39, 0.29) is 16.4 Å². The highest BCUT2D eigenvalue weighted by Crippen LogP contribution is 2.28. The number of aromatic amines is 1. The van der Waals surface area contributed by atoms with E-state index in [4.69, 9.17) is 4.42 Å². The number of pyridine rings is 1. The first-order valence-electron chi connectivity index (χ1n) is 4.07. The van der Waals surface area contributed by atoms with E-state index in [1.54, 1.807) is 0 Å². The van der Waals surface area contributed by atoms with Crippen LogP contribution < -0.4 is 0 Å². The Labute approximate surface area is 92.1 Å². The third-order valence-corrected chi connectivity index (χ3v) is 1.87. The molecule has 0 radical (unpaired) electrons. The van der Waals surface area contributed by atoms with E-state index in [2.05, 4.69) is 27.4 Å². The van der Waals surface area contributed by atoms with Gasteiger partial charge in [0, 0.05) is 0 Å². The van der Waals surface area contributed by atoms with Gasteiger partial charge in [-0.3, -0.25) is 0 Å². The number of alkyl halides is 3. The lowest BCUT2D eigenvalue weighted by Gasteiger charge is -2.05. The van der Waals surface area contributed by atoms with Crippen LogP contribution >= 0.6 is 12.2 Å². The second-order valence-corrected chi connectivity index (χ2v) is 3.19. The molecule has 0 aromatic carbocycles. The third-order valence-electron chi connectivity index (χ3n) is 1.70. The number of aromatic nitrogens is 3. The van der Waals surface area contributed by atoms with Crippen LogP contribution in [-0.2, 0) is 6.18 Å². The van der Waals surface area contributed by atoms with Gasteiger partial charge in [0.2, 0.25) is 0 Å². The van der Waals surface area contributed by atoms with Gasteiger partial charge in [-0.1, -0.05) is 6.07 Å². The van der Waals surface area contributed by atoms with Crippen molar-refractivity contribution in [2.24, 2.45) is 0 Å². The van der Waals surface area contributed by atoms with Crippen LogP contribution in [0.25, 0.3) is 11.6 Å². The number of hydrogen-bond acceptors (Lipinski definition) is 4. The zero-order valence-corrected chi connectivity index (χ0v) is 8.39. The fourth-order valence-corrected chi connectivity index (χ4v) is 1.18. The standard InChI is InChI=1S/C8H4F3N3OS/c9-8(10,11)5-3-1-2-4(12-5)6-13-14-7(16)15-6/h1-3H,(H,14,16). The van der Waals surface area contributed by atoms with Crippen LogP contribution in [0, 0.1) is 4.84 Å². The molecule has 0 atom stereocenters. The largest absolute Gasteiger partial charge is 0.433 e. The van der Waals surface area contributed by atoms with Crippen LogP contribution in [0.5, 0.6) is 0 Å². The van der Waals surface area contributed by atoms with E-state index in [1.165, 1.54) is 12.1 Å². The van der Waals surface area contributed by atoms with E-state index >= 15 is 0 Å². The average molecular weight is 247 g/mol. The molecule has 0 fully saturated rings. The lowest BCUT2D eigenvalue weighted by atomic mass is 10.3. The fraction of sp³-hybridized carbons (Fsp3) is 0.125. The van der Waals surface area contributed by atoms with Gasteiger partial charge in [0.05, 0.1) is 0 Å². The molecule has 0 bridgehead atoms. The van der Waals surface area contributed by atoms with Gasteiger partial charge < -0.3 is 4.42 Å². The summed E-state index contributed by atoms with van der Waals surface area (Å²) >= 11 is 4.60. The maximum Gasteiger partial charge on any atom is 0.433 e. The Morgan fingerprint density at radius 3 is 2.62 bits per heavy atom.